The number of methoxy groups -OCH3 is 1. The minimum absolute atomic E-state index is 0.0153. The van der Waals surface area contributed by atoms with Crippen LogP contribution in [0.15, 0.2) is 6.07 Å². The molecular formula is C9H7F3INO4. The molecule has 0 aliphatic heterocycles. The third kappa shape index (κ3) is 4.20. The van der Waals surface area contributed by atoms with E-state index in [9.17, 15) is 18.0 Å². The van der Waals surface area contributed by atoms with Crippen molar-refractivity contribution in [3.63, 3.8) is 0 Å². The van der Waals surface area contributed by atoms with Gasteiger partial charge in [-0.05, 0) is 22.6 Å². The van der Waals surface area contributed by atoms with Crippen LogP contribution in [0.4, 0.5) is 13.2 Å². The molecule has 0 saturated carbocycles. The zero-order valence-corrected chi connectivity index (χ0v) is 11.1. The maximum absolute atomic E-state index is 12.1. The van der Waals surface area contributed by atoms with Gasteiger partial charge < -0.3 is 14.6 Å². The van der Waals surface area contributed by atoms with Gasteiger partial charge in [0.2, 0.25) is 5.88 Å². The third-order valence-electron chi connectivity index (χ3n) is 1.70. The number of aliphatic carboxylic acids is 1. The van der Waals surface area contributed by atoms with Crippen molar-refractivity contribution in [3.05, 3.63) is 15.3 Å². The van der Waals surface area contributed by atoms with Crippen molar-refractivity contribution in [2.75, 3.05) is 7.11 Å². The van der Waals surface area contributed by atoms with Crippen LogP contribution in [0.1, 0.15) is 5.69 Å². The van der Waals surface area contributed by atoms with Gasteiger partial charge in [0, 0.05) is 6.07 Å². The number of alkyl halides is 3. The molecule has 18 heavy (non-hydrogen) atoms. The summed E-state index contributed by atoms with van der Waals surface area (Å²) >= 11 is 1.57. The van der Waals surface area contributed by atoms with Gasteiger partial charge in [-0.15, -0.1) is 13.2 Å². The van der Waals surface area contributed by atoms with Crippen LogP contribution in [-0.4, -0.2) is 29.5 Å². The molecule has 1 aromatic heterocycles. The number of ether oxygens (including phenoxy) is 2. The van der Waals surface area contributed by atoms with Gasteiger partial charge in [0.15, 0.2) is 0 Å². The average Bonchev–Trinajstić information content (AvgIpc) is 2.19. The highest BCUT2D eigenvalue weighted by molar-refractivity contribution is 14.1. The van der Waals surface area contributed by atoms with Crippen molar-refractivity contribution in [1.82, 2.24) is 4.98 Å². The van der Waals surface area contributed by atoms with Crippen LogP contribution in [0.3, 0.4) is 0 Å². The SMILES string of the molecule is COc1nc(CC(=O)O)cc(OC(F)(F)F)c1I. The molecule has 9 heteroatoms. The second kappa shape index (κ2) is 5.59. The van der Waals surface area contributed by atoms with Crippen molar-refractivity contribution in [1.29, 1.82) is 0 Å². The van der Waals surface area contributed by atoms with Crippen molar-refractivity contribution in [2.24, 2.45) is 0 Å². The fourth-order valence-electron chi connectivity index (χ4n) is 1.11. The highest BCUT2D eigenvalue weighted by Gasteiger charge is 2.33. The predicted molar refractivity (Wildman–Crippen MR) is 61.5 cm³/mol. The summed E-state index contributed by atoms with van der Waals surface area (Å²) in [6, 6.07) is 0.923. The number of halogens is 4. The number of carboxylic acids is 1. The fraction of sp³-hybridized carbons (Fsp3) is 0.333. The summed E-state index contributed by atoms with van der Waals surface area (Å²) < 4.78 is 45.0. The van der Waals surface area contributed by atoms with E-state index in [0.717, 1.165) is 6.07 Å². The molecule has 0 amide bonds. The Hall–Kier alpha value is -1.26. The quantitative estimate of drug-likeness (QED) is 0.816. The Morgan fingerprint density at radius 1 is 1.56 bits per heavy atom. The summed E-state index contributed by atoms with van der Waals surface area (Å²) in [6.07, 6.45) is -5.39. The van der Waals surface area contributed by atoms with Gasteiger partial charge in [0.25, 0.3) is 0 Å². The summed E-state index contributed by atoms with van der Waals surface area (Å²) in [4.78, 5) is 14.3. The maximum Gasteiger partial charge on any atom is 0.573 e. The van der Waals surface area contributed by atoms with Gasteiger partial charge >= 0.3 is 12.3 Å². The minimum atomic E-state index is -4.87. The Morgan fingerprint density at radius 2 is 2.17 bits per heavy atom. The van der Waals surface area contributed by atoms with E-state index in [2.05, 4.69) is 9.72 Å². The van der Waals surface area contributed by atoms with Crippen molar-refractivity contribution in [2.45, 2.75) is 12.8 Å². The first-order valence-corrected chi connectivity index (χ1v) is 5.51. The van der Waals surface area contributed by atoms with Gasteiger partial charge in [0.05, 0.1) is 19.2 Å². The summed E-state index contributed by atoms with van der Waals surface area (Å²) in [5, 5.41) is 8.58. The number of aromatic nitrogens is 1. The van der Waals surface area contributed by atoms with Crippen molar-refractivity contribution < 1.29 is 32.5 Å². The van der Waals surface area contributed by atoms with Crippen LogP contribution in [0.2, 0.25) is 0 Å². The zero-order valence-electron chi connectivity index (χ0n) is 8.92. The number of pyridine rings is 1. The van der Waals surface area contributed by atoms with Gasteiger partial charge in [-0.2, -0.15) is 0 Å². The average molecular weight is 377 g/mol. The van der Waals surface area contributed by atoms with Crippen LogP contribution in [0.25, 0.3) is 0 Å². The number of nitrogens with zero attached hydrogens (tertiary/aromatic N) is 1. The molecule has 0 aromatic carbocycles. The molecule has 0 spiro atoms. The molecule has 1 heterocycles. The van der Waals surface area contributed by atoms with E-state index < -0.39 is 24.5 Å². The lowest BCUT2D eigenvalue weighted by atomic mass is 10.2. The first-order valence-electron chi connectivity index (χ1n) is 4.44. The number of carbonyl (C=O) groups is 1. The van der Waals surface area contributed by atoms with Gasteiger partial charge in [-0.3, -0.25) is 4.79 Å². The van der Waals surface area contributed by atoms with E-state index in [1.807, 2.05) is 0 Å². The highest BCUT2D eigenvalue weighted by Crippen LogP contribution is 2.33. The molecule has 0 atom stereocenters. The smallest absolute Gasteiger partial charge is 0.481 e. The Bertz CT molecular complexity index is 464. The standard InChI is InChI=1S/C9H7F3INO4/c1-17-8-7(13)5(18-9(10,11)12)2-4(14-8)3-6(15)16/h2H,3H2,1H3,(H,15,16). The van der Waals surface area contributed by atoms with Gasteiger partial charge in [0.1, 0.15) is 9.32 Å². The topological polar surface area (TPSA) is 68.7 Å². The van der Waals surface area contributed by atoms with Crippen LogP contribution in [0.5, 0.6) is 11.6 Å². The highest BCUT2D eigenvalue weighted by atomic mass is 127. The normalized spacial score (nSPS) is 11.2. The van der Waals surface area contributed by atoms with Crippen molar-refractivity contribution >= 4 is 28.6 Å². The molecule has 1 aromatic rings. The maximum atomic E-state index is 12.1. The van der Waals surface area contributed by atoms with Crippen LogP contribution >= 0.6 is 22.6 Å². The molecule has 0 bridgehead atoms. The Balaban J connectivity index is 3.18. The summed E-state index contributed by atoms with van der Waals surface area (Å²) in [7, 11) is 1.21. The molecule has 1 N–H and O–H groups in total. The second-order valence-corrected chi connectivity index (χ2v) is 4.13. The van der Waals surface area contributed by atoms with Gasteiger partial charge in [-0.1, -0.05) is 0 Å². The van der Waals surface area contributed by atoms with Crippen LogP contribution in [0, 0.1) is 3.57 Å². The van der Waals surface area contributed by atoms with E-state index >= 15 is 0 Å². The monoisotopic (exact) mass is 377 g/mol. The molecule has 100 valence electrons. The lowest BCUT2D eigenvalue weighted by Crippen LogP contribution is -2.18. The first kappa shape index (κ1) is 14.8. The molecule has 0 unspecified atom stereocenters. The van der Waals surface area contributed by atoms with Crippen LogP contribution < -0.4 is 9.47 Å². The molecule has 5 nitrogen and oxygen atoms in total. The van der Waals surface area contributed by atoms with E-state index in [1.54, 1.807) is 22.6 Å². The Labute approximate surface area is 113 Å². The molecule has 0 aliphatic rings. The summed E-state index contributed by atoms with van der Waals surface area (Å²) in [6.45, 7) is 0. The van der Waals surface area contributed by atoms with Gasteiger partial charge in [-0.25, -0.2) is 4.98 Å². The largest absolute Gasteiger partial charge is 0.573 e. The first-order chi connectivity index (χ1) is 8.23. The van der Waals surface area contributed by atoms with Crippen LogP contribution in [-0.2, 0) is 11.2 Å². The molecule has 0 radical (unpaired) electrons. The number of hydrogen-bond donors (Lipinski definition) is 1. The van der Waals surface area contributed by atoms with Crippen molar-refractivity contribution in [3.8, 4) is 11.6 Å². The van der Waals surface area contributed by atoms with E-state index in [4.69, 9.17) is 9.84 Å². The second-order valence-electron chi connectivity index (χ2n) is 3.05. The van der Waals surface area contributed by atoms with E-state index in [0.29, 0.717) is 0 Å². The molecule has 0 aliphatic carbocycles. The number of hydrogen-bond acceptors (Lipinski definition) is 4. The third-order valence-corrected chi connectivity index (χ3v) is 2.69. The Morgan fingerprint density at radius 3 is 2.61 bits per heavy atom. The molecule has 0 fully saturated rings. The predicted octanol–water partition coefficient (Wildman–Crippen LogP) is 2.22. The lowest BCUT2D eigenvalue weighted by Gasteiger charge is -2.13. The number of carboxylic acid groups (broad SMARTS) is 1. The fourth-order valence-corrected chi connectivity index (χ4v) is 1.72. The minimum Gasteiger partial charge on any atom is -0.481 e. The summed E-state index contributed by atoms with van der Waals surface area (Å²) in [5.74, 6) is -1.87. The van der Waals surface area contributed by atoms with E-state index in [1.165, 1.54) is 7.11 Å². The Kier molecular flexibility index (Phi) is 4.59. The molecular weight excluding hydrogens is 370 g/mol. The molecule has 0 saturated heterocycles. The lowest BCUT2D eigenvalue weighted by molar-refractivity contribution is -0.275. The molecule has 1 rings (SSSR count). The number of rotatable bonds is 4. The summed E-state index contributed by atoms with van der Waals surface area (Å²) in [5.41, 5.74) is -0.0842. The zero-order chi connectivity index (χ0) is 13.9. The van der Waals surface area contributed by atoms with E-state index in [-0.39, 0.29) is 15.1 Å².